The summed E-state index contributed by atoms with van der Waals surface area (Å²) in [6, 6.07) is 13.6. The standard InChI is InChI=1S/C23H23ClN2O4/c1-4-28-23(27)21-13-26(12-16-5-8-18(24)9-6-16)19-11-17(7-10-20(19)29-21)22-14(2)25-30-15(22)3/h5-11,21H,4,12-13H2,1-3H3. The van der Waals surface area contributed by atoms with Crippen molar-refractivity contribution in [1.82, 2.24) is 5.16 Å². The molecule has 0 saturated carbocycles. The van der Waals surface area contributed by atoms with E-state index >= 15 is 0 Å². The third kappa shape index (κ3) is 4.00. The van der Waals surface area contributed by atoms with Crippen molar-refractivity contribution in [2.24, 2.45) is 0 Å². The molecule has 1 atom stereocenters. The Bertz CT molecular complexity index is 1040. The second kappa shape index (κ2) is 8.40. The Morgan fingerprint density at radius 1 is 1.23 bits per heavy atom. The Morgan fingerprint density at radius 2 is 2.00 bits per heavy atom. The molecule has 0 amide bonds. The summed E-state index contributed by atoms with van der Waals surface area (Å²) in [5, 5.41) is 4.75. The first-order chi connectivity index (χ1) is 14.5. The molecule has 2 heterocycles. The number of halogens is 1. The average Bonchev–Trinajstić information content (AvgIpc) is 3.07. The fraction of sp³-hybridized carbons (Fsp3) is 0.304. The van der Waals surface area contributed by atoms with Crippen LogP contribution in [0.15, 0.2) is 47.0 Å². The number of anilines is 1. The van der Waals surface area contributed by atoms with Crippen LogP contribution in [0.1, 0.15) is 23.9 Å². The van der Waals surface area contributed by atoms with Gasteiger partial charge in [0.15, 0.2) is 0 Å². The number of benzene rings is 2. The number of rotatable bonds is 5. The lowest BCUT2D eigenvalue weighted by atomic mass is 10.0. The molecule has 156 valence electrons. The van der Waals surface area contributed by atoms with E-state index in [4.69, 9.17) is 25.6 Å². The number of esters is 1. The topological polar surface area (TPSA) is 64.8 Å². The van der Waals surface area contributed by atoms with Crippen molar-refractivity contribution in [3.8, 4) is 16.9 Å². The van der Waals surface area contributed by atoms with Gasteiger partial charge in [-0.25, -0.2) is 4.79 Å². The van der Waals surface area contributed by atoms with Crippen LogP contribution in [0, 0.1) is 13.8 Å². The number of aryl methyl sites for hydroxylation is 2. The molecule has 0 radical (unpaired) electrons. The molecular formula is C23H23ClN2O4. The lowest BCUT2D eigenvalue weighted by Gasteiger charge is -2.35. The van der Waals surface area contributed by atoms with Gasteiger partial charge in [0.1, 0.15) is 11.5 Å². The highest BCUT2D eigenvalue weighted by molar-refractivity contribution is 6.30. The molecule has 0 fully saturated rings. The van der Waals surface area contributed by atoms with Gasteiger partial charge in [-0.3, -0.25) is 0 Å². The number of nitrogens with zero attached hydrogens (tertiary/aromatic N) is 2. The van der Waals surface area contributed by atoms with E-state index < -0.39 is 6.10 Å². The number of fused-ring (bicyclic) bond motifs is 1. The van der Waals surface area contributed by atoms with Crippen molar-refractivity contribution in [2.45, 2.75) is 33.4 Å². The van der Waals surface area contributed by atoms with Crippen LogP contribution in [0.3, 0.4) is 0 Å². The molecule has 7 heteroatoms. The van der Waals surface area contributed by atoms with Crippen LogP contribution in [-0.2, 0) is 16.1 Å². The predicted molar refractivity (Wildman–Crippen MR) is 115 cm³/mol. The van der Waals surface area contributed by atoms with Gasteiger partial charge in [0.2, 0.25) is 6.10 Å². The second-order valence-electron chi connectivity index (χ2n) is 7.25. The molecule has 0 bridgehead atoms. The van der Waals surface area contributed by atoms with Gasteiger partial charge in [-0.15, -0.1) is 0 Å². The Morgan fingerprint density at radius 3 is 2.67 bits per heavy atom. The monoisotopic (exact) mass is 426 g/mol. The van der Waals surface area contributed by atoms with Gasteiger partial charge in [-0.2, -0.15) is 0 Å². The minimum Gasteiger partial charge on any atom is -0.475 e. The molecule has 2 aromatic carbocycles. The molecule has 0 N–H and O–H groups in total. The zero-order valence-electron chi connectivity index (χ0n) is 17.1. The predicted octanol–water partition coefficient (Wildman–Crippen LogP) is 4.94. The van der Waals surface area contributed by atoms with E-state index in [1.807, 2.05) is 50.2 Å². The van der Waals surface area contributed by atoms with Crippen LogP contribution in [0.25, 0.3) is 11.1 Å². The summed E-state index contributed by atoms with van der Waals surface area (Å²) in [7, 11) is 0. The van der Waals surface area contributed by atoms with Gasteiger partial charge in [0.25, 0.3) is 0 Å². The maximum atomic E-state index is 12.4. The van der Waals surface area contributed by atoms with E-state index in [0.29, 0.717) is 30.5 Å². The molecule has 30 heavy (non-hydrogen) atoms. The molecule has 0 aliphatic carbocycles. The van der Waals surface area contributed by atoms with Gasteiger partial charge in [0, 0.05) is 17.1 Å². The van der Waals surface area contributed by atoms with Gasteiger partial charge in [0.05, 0.1) is 24.5 Å². The van der Waals surface area contributed by atoms with E-state index in [1.165, 1.54) is 0 Å². The first-order valence-electron chi connectivity index (χ1n) is 9.86. The maximum absolute atomic E-state index is 12.4. The third-order valence-corrected chi connectivity index (χ3v) is 5.37. The molecular weight excluding hydrogens is 404 g/mol. The van der Waals surface area contributed by atoms with E-state index in [-0.39, 0.29) is 5.97 Å². The summed E-state index contributed by atoms with van der Waals surface area (Å²) in [5.74, 6) is 1.04. The Balaban J connectivity index is 1.72. The van der Waals surface area contributed by atoms with Crippen molar-refractivity contribution in [3.05, 3.63) is 64.5 Å². The van der Waals surface area contributed by atoms with Crippen LogP contribution < -0.4 is 9.64 Å². The molecule has 1 aromatic heterocycles. The highest BCUT2D eigenvalue weighted by atomic mass is 35.5. The van der Waals surface area contributed by atoms with Crippen molar-refractivity contribution >= 4 is 23.3 Å². The van der Waals surface area contributed by atoms with Crippen molar-refractivity contribution in [1.29, 1.82) is 0 Å². The van der Waals surface area contributed by atoms with E-state index in [0.717, 1.165) is 33.8 Å². The summed E-state index contributed by atoms with van der Waals surface area (Å²) in [4.78, 5) is 14.5. The lowest BCUT2D eigenvalue weighted by Crippen LogP contribution is -2.45. The maximum Gasteiger partial charge on any atom is 0.349 e. The third-order valence-electron chi connectivity index (χ3n) is 5.11. The van der Waals surface area contributed by atoms with Gasteiger partial charge in [-0.05, 0) is 56.2 Å². The Hall–Kier alpha value is -2.99. The van der Waals surface area contributed by atoms with Crippen molar-refractivity contribution in [3.63, 3.8) is 0 Å². The minimum atomic E-state index is -0.685. The fourth-order valence-electron chi connectivity index (χ4n) is 3.72. The van der Waals surface area contributed by atoms with Crippen molar-refractivity contribution in [2.75, 3.05) is 18.1 Å². The molecule has 3 aromatic rings. The smallest absolute Gasteiger partial charge is 0.349 e. The molecule has 1 unspecified atom stereocenters. The average molecular weight is 427 g/mol. The number of carbonyl (C=O) groups is 1. The van der Waals surface area contributed by atoms with Crippen molar-refractivity contribution < 1.29 is 18.8 Å². The van der Waals surface area contributed by atoms with Gasteiger partial charge >= 0.3 is 5.97 Å². The lowest BCUT2D eigenvalue weighted by molar-refractivity contribution is -0.151. The zero-order valence-corrected chi connectivity index (χ0v) is 17.9. The van der Waals surface area contributed by atoms with Crippen LogP contribution in [0.5, 0.6) is 5.75 Å². The quantitative estimate of drug-likeness (QED) is 0.538. The van der Waals surface area contributed by atoms with Crippen LogP contribution in [-0.4, -0.2) is 30.4 Å². The highest BCUT2D eigenvalue weighted by Gasteiger charge is 2.32. The normalized spacial score (nSPS) is 15.5. The summed E-state index contributed by atoms with van der Waals surface area (Å²) in [5.41, 5.74) is 4.78. The molecule has 1 aliphatic rings. The summed E-state index contributed by atoms with van der Waals surface area (Å²) < 4.78 is 16.5. The zero-order chi connectivity index (χ0) is 21.3. The minimum absolute atomic E-state index is 0.313. The van der Waals surface area contributed by atoms with E-state index in [9.17, 15) is 4.79 Å². The summed E-state index contributed by atoms with van der Waals surface area (Å²) in [6.07, 6.45) is -0.685. The first kappa shape index (κ1) is 20.3. The molecule has 0 spiro atoms. The fourth-order valence-corrected chi connectivity index (χ4v) is 3.85. The summed E-state index contributed by atoms with van der Waals surface area (Å²) >= 11 is 6.03. The van der Waals surface area contributed by atoms with Crippen LogP contribution >= 0.6 is 11.6 Å². The molecule has 1 aliphatic heterocycles. The number of aromatic nitrogens is 1. The highest BCUT2D eigenvalue weighted by Crippen LogP contribution is 2.39. The number of ether oxygens (including phenoxy) is 2. The largest absolute Gasteiger partial charge is 0.475 e. The molecule has 6 nitrogen and oxygen atoms in total. The second-order valence-corrected chi connectivity index (χ2v) is 7.68. The van der Waals surface area contributed by atoms with E-state index in [1.54, 1.807) is 6.92 Å². The Kier molecular flexibility index (Phi) is 5.68. The molecule has 4 rings (SSSR count). The number of carbonyl (C=O) groups excluding carboxylic acids is 1. The SMILES string of the molecule is CCOC(=O)C1CN(Cc2ccc(Cl)cc2)c2cc(-c3c(C)noc3C)ccc2O1. The van der Waals surface area contributed by atoms with Crippen LogP contribution in [0.4, 0.5) is 5.69 Å². The summed E-state index contributed by atoms with van der Waals surface area (Å²) in [6.45, 7) is 6.91. The molecule has 0 saturated heterocycles. The number of hydrogen-bond donors (Lipinski definition) is 0. The van der Waals surface area contributed by atoms with Crippen LogP contribution in [0.2, 0.25) is 5.02 Å². The van der Waals surface area contributed by atoms with Gasteiger partial charge in [-0.1, -0.05) is 35.0 Å². The number of hydrogen-bond acceptors (Lipinski definition) is 6. The Labute approximate surface area is 180 Å². The van der Waals surface area contributed by atoms with Gasteiger partial charge < -0.3 is 18.9 Å². The van der Waals surface area contributed by atoms with E-state index in [2.05, 4.69) is 16.1 Å². The first-order valence-corrected chi connectivity index (χ1v) is 10.2.